The summed E-state index contributed by atoms with van der Waals surface area (Å²) in [6, 6.07) is 4.37. The molecule has 0 atom stereocenters. The number of rotatable bonds is 2. The lowest BCUT2D eigenvalue weighted by Crippen LogP contribution is -2.05. The molecule has 0 aliphatic rings. The second-order valence-electron chi connectivity index (χ2n) is 2.89. The van der Waals surface area contributed by atoms with E-state index in [1.165, 1.54) is 18.2 Å². The Morgan fingerprint density at radius 3 is 2.00 bits per heavy atom. The molecule has 0 radical (unpaired) electrons. The van der Waals surface area contributed by atoms with Crippen molar-refractivity contribution in [1.29, 1.82) is 0 Å². The van der Waals surface area contributed by atoms with Crippen molar-refractivity contribution in [3.8, 4) is 0 Å². The van der Waals surface area contributed by atoms with Gasteiger partial charge in [-0.15, -0.1) is 0 Å². The Bertz CT molecular complexity index is 343. The Hall–Kier alpha value is -1.27. The van der Waals surface area contributed by atoms with Gasteiger partial charge in [-0.05, 0) is 17.7 Å². The van der Waals surface area contributed by atoms with Crippen LogP contribution in [-0.2, 0) is 6.18 Å². The van der Waals surface area contributed by atoms with E-state index in [1.54, 1.807) is 0 Å². The van der Waals surface area contributed by atoms with Gasteiger partial charge in [0, 0.05) is 0 Å². The molecule has 15 heavy (non-hydrogen) atoms. The van der Waals surface area contributed by atoms with Crippen molar-refractivity contribution in [2.45, 2.75) is 6.18 Å². The van der Waals surface area contributed by atoms with Crippen LogP contribution in [0.25, 0.3) is 6.08 Å². The maximum atomic E-state index is 12.1. The van der Waals surface area contributed by atoms with E-state index in [4.69, 9.17) is 10.0 Å². The Morgan fingerprint density at radius 2 is 1.60 bits per heavy atom. The number of hydrogen-bond donors (Lipinski definition) is 2. The lowest BCUT2D eigenvalue weighted by atomic mass is 9.90. The lowest BCUT2D eigenvalue weighted by molar-refractivity contribution is -0.137. The maximum Gasteiger partial charge on any atom is 0.480 e. The molecule has 1 rings (SSSR count). The molecule has 2 N–H and O–H groups in total. The number of hydrogen-bond acceptors (Lipinski definition) is 2. The molecule has 0 aliphatic heterocycles. The van der Waals surface area contributed by atoms with Gasteiger partial charge in [0.05, 0.1) is 5.56 Å². The van der Waals surface area contributed by atoms with Crippen molar-refractivity contribution >= 4 is 13.2 Å². The average molecular weight is 216 g/mol. The highest BCUT2D eigenvalue weighted by Crippen LogP contribution is 2.29. The van der Waals surface area contributed by atoms with Crippen molar-refractivity contribution in [2.24, 2.45) is 0 Å². The fourth-order valence-corrected chi connectivity index (χ4v) is 0.980. The molecule has 0 amide bonds. The Labute approximate surface area is 84.8 Å². The minimum Gasteiger partial charge on any atom is -0.424 e. The summed E-state index contributed by atoms with van der Waals surface area (Å²) in [5.41, 5.74) is -0.264. The molecule has 0 aromatic heterocycles. The summed E-state index contributed by atoms with van der Waals surface area (Å²) < 4.78 is 36.4. The molecule has 0 bridgehead atoms. The first-order chi connectivity index (χ1) is 6.89. The number of alkyl halides is 3. The molecular formula is C9H8BF3O2. The third-order valence-electron chi connectivity index (χ3n) is 1.70. The second kappa shape index (κ2) is 4.50. The molecule has 0 saturated heterocycles. The van der Waals surface area contributed by atoms with Crippen molar-refractivity contribution in [3.63, 3.8) is 0 Å². The van der Waals surface area contributed by atoms with Gasteiger partial charge in [0.15, 0.2) is 0 Å². The van der Waals surface area contributed by atoms with Crippen LogP contribution in [0.3, 0.4) is 0 Å². The van der Waals surface area contributed by atoms with E-state index in [0.29, 0.717) is 5.56 Å². The van der Waals surface area contributed by atoms with Crippen LogP contribution >= 0.6 is 0 Å². The van der Waals surface area contributed by atoms with E-state index in [1.807, 2.05) is 0 Å². The highest BCUT2D eigenvalue weighted by atomic mass is 19.4. The van der Waals surface area contributed by atoms with Gasteiger partial charge in [-0.3, -0.25) is 0 Å². The van der Waals surface area contributed by atoms with Gasteiger partial charge in [0.2, 0.25) is 0 Å². The minimum absolute atomic E-state index is 0.469. The first-order valence-corrected chi connectivity index (χ1v) is 4.11. The van der Waals surface area contributed by atoms with Crippen LogP contribution < -0.4 is 0 Å². The van der Waals surface area contributed by atoms with E-state index < -0.39 is 18.9 Å². The summed E-state index contributed by atoms with van der Waals surface area (Å²) >= 11 is 0. The fourth-order valence-electron chi connectivity index (χ4n) is 0.980. The highest BCUT2D eigenvalue weighted by Gasteiger charge is 2.29. The predicted octanol–water partition coefficient (Wildman–Crippen LogP) is 1.73. The first-order valence-electron chi connectivity index (χ1n) is 4.11. The Kier molecular flexibility index (Phi) is 3.54. The molecule has 2 nitrogen and oxygen atoms in total. The molecule has 1 aromatic carbocycles. The van der Waals surface area contributed by atoms with Crippen molar-refractivity contribution in [3.05, 3.63) is 41.4 Å². The molecule has 80 valence electrons. The molecule has 0 fully saturated rings. The summed E-state index contributed by atoms with van der Waals surface area (Å²) in [4.78, 5) is 0. The summed E-state index contributed by atoms with van der Waals surface area (Å²) in [6.07, 6.45) is -3.02. The third-order valence-corrected chi connectivity index (χ3v) is 1.70. The summed E-state index contributed by atoms with van der Waals surface area (Å²) in [7, 11) is -1.60. The van der Waals surface area contributed by atoms with Crippen LogP contribution in [0.2, 0.25) is 0 Å². The van der Waals surface area contributed by atoms with Crippen LogP contribution in [0.1, 0.15) is 11.1 Å². The summed E-state index contributed by atoms with van der Waals surface area (Å²) in [5, 5.41) is 17.0. The topological polar surface area (TPSA) is 40.5 Å². The molecule has 0 heterocycles. The largest absolute Gasteiger partial charge is 0.480 e. The quantitative estimate of drug-likeness (QED) is 0.739. The van der Waals surface area contributed by atoms with Gasteiger partial charge in [0.25, 0.3) is 0 Å². The first kappa shape index (κ1) is 11.8. The molecule has 6 heteroatoms. The van der Waals surface area contributed by atoms with Gasteiger partial charge in [-0.2, -0.15) is 13.2 Å². The van der Waals surface area contributed by atoms with E-state index in [2.05, 4.69) is 0 Å². The zero-order chi connectivity index (χ0) is 11.5. The van der Waals surface area contributed by atoms with Gasteiger partial charge >= 0.3 is 13.3 Å². The monoisotopic (exact) mass is 216 g/mol. The van der Waals surface area contributed by atoms with Crippen LogP contribution in [0.5, 0.6) is 0 Å². The molecular weight excluding hydrogens is 208 g/mol. The molecule has 0 aliphatic carbocycles. The predicted molar refractivity (Wildman–Crippen MR) is 50.7 cm³/mol. The molecule has 0 saturated carbocycles. The van der Waals surface area contributed by atoms with Crippen LogP contribution in [0.4, 0.5) is 13.2 Å². The van der Waals surface area contributed by atoms with Crippen molar-refractivity contribution in [2.75, 3.05) is 0 Å². The van der Waals surface area contributed by atoms with E-state index in [0.717, 1.165) is 18.1 Å². The average Bonchev–Trinajstić information content (AvgIpc) is 2.14. The maximum absolute atomic E-state index is 12.1. The van der Waals surface area contributed by atoms with Crippen LogP contribution in [-0.4, -0.2) is 17.2 Å². The number of benzene rings is 1. The van der Waals surface area contributed by atoms with Gasteiger partial charge in [-0.25, -0.2) is 0 Å². The smallest absolute Gasteiger partial charge is 0.424 e. The van der Waals surface area contributed by atoms with E-state index >= 15 is 0 Å². The standard InChI is InChI=1S/C9H8BF3O2/c11-9(12,13)8-3-1-7(2-4-8)5-6-10(14)15/h1-6,14-15H. The molecule has 0 unspecified atom stereocenters. The third kappa shape index (κ3) is 3.77. The molecule has 1 aromatic rings. The fraction of sp³-hybridized carbons (Fsp3) is 0.111. The summed E-state index contributed by atoms with van der Waals surface area (Å²) in [5.74, 6) is 1.06. The number of halogens is 3. The van der Waals surface area contributed by atoms with Gasteiger partial charge in [-0.1, -0.05) is 24.2 Å². The van der Waals surface area contributed by atoms with E-state index in [-0.39, 0.29) is 0 Å². The van der Waals surface area contributed by atoms with Crippen LogP contribution in [0.15, 0.2) is 30.2 Å². The Balaban J connectivity index is 2.82. The summed E-state index contributed by atoms with van der Waals surface area (Å²) in [6.45, 7) is 0. The second-order valence-corrected chi connectivity index (χ2v) is 2.89. The Morgan fingerprint density at radius 1 is 1.07 bits per heavy atom. The zero-order valence-corrected chi connectivity index (χ0v) is 7.57. The normalized spacial score (nSPS) is 12.1. The van der Waals surface area contributed by atoms with Crippen molar-refractivity contribution < 1.29 is 23.2 Å². The van der Waals surface area contributed by atoms with Gasteiger partial charge < -0.3 is 10.0 Å². The minimum atomic E-state index is -4.35. The highest BCUT2D eigenvalue weighted by molar-refractivity contribution is 6.48. The lowest BCUT2D eigenvalue weighted by Gasteiger charge is -2.05. The van der Waals surface area contributed by atoms with Gasteiger partial charge in [0.1, 0.15) is 0 Å². The zero-order valence-electron chi connectivity index (χ0n) is 7.57. The van der Waals surface area contributed by atoms with Crippen molar-refractivity contribution in [1.82, 2.24) is 0 Å². The van der Waals surface area contributed by atoms with Crippen LogP contribution in [0, 0.1) is 0 Å². The SMILES string of the molecule is OB(O)C=Cc1ccc(C(F)(F)F)cc1. The van der Waals surface area contributed by atoms with E-state index in [9.17, 15) is 13.2 Å². The molecule has 0 spiro atoms.